The number of aryl methyl sites for hydroxylation is 1. The Morgan fingerprint density at radius 1 is 0.867 bits per heavy atom. The molecule has 3 rings (SSSR count). The van der Waals surface area contributed by atoms with Gasteiger partial charge in [0.15, 0.2) is 0 Å². The number of sulfonamides is 1. The third-order valence-electron chi connectivity index (χ3n) is 5.04. The lowest BCUT2D eigenvalue weighted by molar-refractivity contribution is -0.121. The van der Waals surface area contributed by atoms with Gasteiger partial charge in [-0.15, -0.1) is 0 Å². The van der Waals surface area contributed by atoms with E-state index in [0.29, 0.717) is 12.8 Å². The zero-order valence-corrected chi connectivity index (χ0v) is 17.9. The molecule has 0 saturated carbocycles. The summed E-state index contributed by atoms with van der Waals surface area (Å²) in [5.74, 6) is -0.0402. The van der Waals surface area contributed by atoms with Crippen molar-refractivity contribution in [1.29, 1.82) is 0 Å². The second-order valence-electron chi connectivity index (χ2n) is 7.13. The highest BCUT2D eigenvalue weighted by Crippen LogP contribution is 2.22. The van der Waals surface area contributed by atoms with Crippen molar-refractivity contribution in [3.8, 4) is 11.1 Å². The molecule has 156 valence electrons. The van der Waals surface area contributed by atoms with Crippen LogP contribution in [0.3, 0.4) is 0 Å². The molecule has 3 aromatic rings. The first-order valence-electron chi connectivity index (χ1n) is 9.86. The van der Waals surface area contributed by atoms with Gasteiger partial charge in [0.05, 0.1) is 10.9 Å². The molecule has 3 aromatic carbocycles. The van der Waals surface area contributed by atoms with E-state index < -0.39 is 10.0 Å². The van der Waals surface area contributed by atoms with Gasteiger partial charge in [-0.25, -0.2) is 13.1 Å². The number of benzene rings is 3. The standard InChI is InChI=1S/C24H26N2O3S/c1-18(20-11-13-22(14-12-20)21-6-4-3-5-7-21)26-24(27)17-10-19-8-15-23(16-9-19)30(28,29)25-2/h3-9,11-16,18,25H,10,17H2,1-2H3,(H,26,27). The minimum absolute atomic E-state index is 0.0402. The molecule has 0 aromatic heterocycles. The van der Waals surface area contributed by atoms with Crippen LogP contribution in [-0.2, 0) is 21.2 Å². The molecule has 0 fully saturated rings. The van der Waals surface area contributed by atoms with Crippen molar-refractivity contribution < 1.29 is 13.2 Å². The maximum absolute atomic E-state index is 12.3. The predicted molar refractivity (Wildman–Crippen MR) is 119 cm³/mol. The number of carbonyl (C=O) groups excluding carboxylic acids is 1. The van der Waals surface area contributed by atoms with E-state index in [2.05, 4.69) is 34.3 Å². The van der Waals surface area contributed by atoms with Gasteiger partial charge in [0.1, 0.15) is 0 Å². The minimum atomic E-state index is -3.44. The van der Waals surface area contributed by atoms with Crippen molar-refractivity contribution in [3.05, 3.63) is 90.0 Å². The first-order chi connectivity index (χ1) is 14.4. The Kier molecular flexibility index (Phi) is 7.03. The van der Waals surface area contributed by atoms with Gasteiger partial charge in [0.2, 0.25) is 15.9 Å². The summed E-state index contributed by atoms with van der Waals surface area (Å²) in [7, 11) is -2.06. The number of rotatable bonds is 8. The molecule has 5 nitrogen and oxygen atoms in total. The van der Waals surface area contributed by atoms with Crippen molar-refractivity contribution in [2.45, 2.75) is 30.7 Å². The molecular weight excluding hydrogens is 396 g/mol. The zero-order valence-electron chi connectivity index (χ0n) is 17.1. The maximum atomic E-state index is 12.3. The van der Waals surface area contributed by atoms with Crippen molar-refractivity contribution in [1.82, 2.24) is 10.0 Å². The van der Waals surface area contributed by atoms with E-state index >= 15 is 0 Å². The molecular formula is C24H26N2O3S. The first kappa shape index (κ1) is 21.7. The van der Waals surface area contributed by atoms with Gasteiger partial charge >= 0.3 is 0 Å². The Balaban J connectivity index is 1.53. The molecule has 0 spiro atoms. The summed E-state index contributed by atoms with van der Waals surface area (Å²) >= 11 is 0. The summed E-state index contributed by atoms with van der Waals surface area (Å²) in [5.41, 5.74) is 4.26. The van der Waals surface area contributed by atoms with Crippen LogP contribution in [0.5, 0.6) is 0 Å². The van der Waals surface area contributed by atoms with Gasteiger partial charge in [-0.1, -0.05) is 66.7 Å². The summed E-state index contributed by atoms with van der Waals surface area (Å²) in [6.07, 6.45) is 0.885. The number of amides is 1. The molecule has 2 N–H and O–H groups in total. The topological polar surface area (TPSA) is 75.3 Å². The average Bonchev–Trinajstić information content (AvgIpc) is 2.78. The van der Waals surface area contributed by atoms with Gasteiger partial charge in [-0.05, 0) is 54.8 Å². The van der Waals surface area contributed by atoms with Gasteiger partial charge in [0, 0.05) is 6.42 Å². The molecule has 0 aliphatic rings. The third kappa shape index (κ3) is 5.55. The summed E-state index contributed by atoms with van der Waals surface area (Å²) in [6.45, 7) is 1.97. The lowest BCUT2D eigenvalue weighted by Gasteiger charge is -2.15. The van der Waals surface area contributed by atoms with E-state index in [1.807, 2.05) is 37.3 Å². The van der Waals surface area contributed by atoms with Crippen LogP contribution in [-0.4, -0.2) is 21.4 Å². The fourth-order valence-corrected chi connectivity index (χ4v) is 3.93. The van der Waals surface area contributed by atoms with Crippen LogP contribution in [0.4, 0.5) is 0 Å². The second-order valence-corrected chi connectivity index (χ2v) is 9.02. The summed E-state index contributed by atoms with van der Waals surface area (Å²) < 4.78 is 25.8. The summed E-state index contributed by atoms with van der Waals surface area (Å²) in [4.78, 5) is 12.6. The normalized spacial score (nSPS) is 12.3. The quantitative estimate of drug-likeness (QED) is 0.575. The van der Waals surface area contributed by atoms with Crippen LogP contribution < -0.4 is 10.0 Å². The van der Waals surface area contributed by atoms with Crippen LogP contribution in [0.1, 0.15) is 30.5 Å². The fraction of sp³-hybridized carbons (Fsp3) is 0.208. The minimum Gasteiger partial charge on any atom is -0.350 e. The molecule has 0 heterocycles. The second kappa shape index (κ2) is 9.69. The Labute approximate surface area is 178 Å². The molecule has 0 aliphatic carbocycles. The lowest BCUT2D eigenvalue weighted by Crippen LogP contribution is -2.26. The Hall–Kier alpha value is -2.96. The van der Waals surface area contributed by atoms with Crippen LogP contribution in [0, 0.1) is 0 Å². The molecule has 1 amide bonds. The number of hydrogen-bond acceptors (Lipinski definition) is 3. The van der Waals surface area contributed by atoms with Gasteiger partial charge in [0.25, 0.3) is 0 Å². The molecule has 6 heteroatoms. The smallest absolute Gasteiger partial charge is 0.240 e. The van der Waals surface area contributed by atoms with Crippen molar-refractivity contribution in [3.63, 3.8) is 0 Å². The van der Waals surface area contributed by atoms with E-state index in [1.54, 1.807) is 24.3 Å². The van der Waals surface area contributed by atoms with E-state index in [9.17, 15) is 13.2 Å². The molecule has 0 radical (unpaired) electrons. The van der Waals surface area contributed by atoms with Gasteiger partial charge in [-0.3, -0.25) is 4.79 Å². The molecule has 0 saturated heterocycles. The van der Waals surface area contributed by atoms with Crippen LogP contribution in [0.15, 0.2) is 83.8 Å². The summed E-state index contributed by atoms with van der Waals surface area (Å²) in [6, 6.07) is 24.8. The van der Waals surface area contributed by atoms with Crippen LogP contribution in [0.2, 0.25) is 0 Å². The maximum Gasteiger partial charge on any atom is 0.240 e. The average molecular weight is 423 g/mol. The Bertz CT molecular complexity index is 1080. The van der Waals surface area contributed by atoms with E-state index in [1.165, 1.54) is 7.05 Å². The SMILES string of the molecule is CNS(=O)(=O)c1ccc(CCC(=O)NC(C)c2ccc(-c3ccccc3)cc2)cc1. The molecule has 30 heavy (non-hydrogen) atoms. The van der Waals surface area contributed by atoms with Crippen molar-refractivity contribution in [2.24, 2.45) is 0 Å². The largest absolute Gasteiger partial charge is 0.350 e. The Morgan fingerprint density at radius 3 is 2.07 bits per heavy atom. The van der Waals surface area contributed by atoms with Crippen molar-refractivity contribution >= 4 is 15.9 Å². The first-order valence-corrected chi connectivity index (χ1v) is 11.3. The van der Waals surface area contributed by atoms with Crippen molar-refractivity contribution in [2.75, 3.05) is 7.05 Å². The lowest BCUT2D eigenvalue weighted by atomic mass is 10.0. The molecule has 1 atom stereocenters. The number of carbonyl (C=O) groups is 1. The Morgan fingerprint density at radius 2 is 1.47 bits per heavy atom. The zero-order chi connectivity index (χ0) is 21.6. The van der Waals surface area contributed by atoms with Gasteiger partial charge in [-0.2, -0.15) is 0 Å². The van der Waals surface area contributed by atoms with Crippen LogP contribution >= 0.6 is 0 Å². The number of hydrogen-bond donors (Lipinski definition) is 2. The van der Waals surface area contributed by atoms with E-state index in [4.69, 9.17) is 0 Å². The van der Waals surface area contributed by atoms with E-state index in [0.717, 1.165) is 22.3 Å². The van der Waals surface area contributed by atoms with E-state index in [-0.39, 0.29) is 16.8 Å². The third-order valence-corrected chi connectivity index (χ3v) is 6.47. The highest BCUT2D eigenvalue weighted by molar-refractivity contribution is 7.89. The monoisotopic (exact) mass is 422 g/mol. The summed E-state index contributed by atoms with van der Waals surface area (Å²) in [5, 5.41) is 3.03. The molecule has 0 bridgehead atoms. The highest BCUT2D eigenvalue weighted by Gasteiger charge is 2.12. The molecule has 1 unspecified atom stereocenters. The fourth-order valence-electron chi connectivity index (χ4n) is 3.20. The predicted octanol–water partition coefficient (Wildman–Crippen LogP) is 4.07. The number of nitrogens with one attached hydrogen (secondary N) is 2. The van der Waals surface area contributed by atoms with Crippen LogP contribution in [0.25, 0.3) is 11.1 Å². The highest BCUT2D eigenvalue weighted by atomic mass is 32.2. The van der Waals surface area contributed by atoms with Gasteiger partial charge < -0.3 is 5.32 Å². The molecule has 0 aliphatic heterocycles.